The van der Waals surface area contributed by atoms with E-state index in [9.17, 15) is 4.39 Å². The molecule has 1 aliphatic rings. The minimum absolute atomic E-state index is 0.0466. The van der Waals surface area contributed by atoms with Gasteiger partial charge in [-0.25, -0.2) is 4.39 Å². The van der Waals surface area contributed by atoms with Gasteiger partial charge in [-0.15, -0.1) is 0 Å². The fourth-order valence-electron chi connectivity index (χ4n) is 2.11. The summed E-state index contributed by atoms with van der Waals surface area (Å²) in [5.74, 6) is -0.509. The van der Waals surface area contributed by atoms with Crippen molar-refractivity contribution in [3.05, 3.63) is 23.0 Å². The predicted octanol–water partition coefficient (Wildman–Crippen LogP) is 2.41. The molecule has 0 amide bonds. The number of anilines is 2. The number of nitrogen functional groups attached to an aromatic ring is 1. The summed E-state index contributed by atoms with van der Waals surface area (Å²) in [5, 5.41) is 9.16. The Balaban J connectivity index is 2.31. The van der Waals surface area contributed by atoms with E-state index in [1.807, 2.05) is 4.90 Å². The molecule has 1 fully saturated rings. The highest BCUT2D eigenvalue weighted by Gasteiger charge is 2.26. The summed E-state index contributed by atoms with van der Waals surface area (Å²) in [5.41, 5.74) is 6.90. The first-order valence-electron chi connectivity index (χ1n) is 5.75. The third-order valence-corrected chi connectivity index (χ3v) is 3.53. The summed E-state index contributed by atoms with van der Waals surface area (Å²) < 4.78 is 13.2. The Morgan fingerprint density at radius 2 is 2.18 bits per heavy atom. The van der Waals surface area contributed by atoms with E-state index in [0.29, 0.717) is 18.3 Å². The molecule has 1 saturated carbocycles. The average Bonchev–Trinajstić information content (AvgIpc) is 2.20. The van der Waals surface area contributed by atoms with Gasteiger partial charge < -0.3 is 15.7 Å². The Bertz CT molecular complexity index is 410. The van der Waals surface area contributed by atoms with Gasteiger partial charge in [0.2, 0.25) is 0 Å². The predicted molar refractivity (Wildman–Crippen MR) is 67.9 cm³/mol. The van der Waals surface area contributed by atoms with E-state index in [1.165, 1.54) is 12.5 Å². The van der Waals surface area contributed by atoms with Gasteiger partial charge in [0.05, 0.1) is 23.0 Å². The second-order valence-electron chi connectivity index (χ2n) is 4.33. The number of hydrogen-bond donors (Lipinski definition) is 2. The Labute approximate surface area is 105 Å². The van der Waals surface area contributed by atoms with Crippen molar-refractivity contribution < 1.29 is 9.50 Å². The summed E-state index contributed by atoms with van der Waals surface area (Å²) in [6.07, 6.45) is 3.34. The van der Waals surface area contributed by atoms with Crippen molar-refractivity contribution in [1.29, 1.82) is 0 Å². The second-order valence-corrected chi connectivity index (χ2v) is 4.73. The van der Waals surface area contributed by atoms with Crippen molar-refractivity contribution in [1.82, 2.24) is 0 Å². The fourth-order valence-corrected chi connectivity index (χ4v) is 2.26. The lowest BCUT2D eigenvalue weighted by atomic mass is 9.91. The largest absolute Gasteiger partial charge is 0.397 e. The molecule has 0 atom stereocenters. The molecule has 2 rings (SSSR count). The quantitative estimate of drug-likeness (QED) is 0.816. The summed E-state index contributed by atoms with van der Waals surface area (Å²) >= 11 is 5.78. The van der Waals surface area contributed by atoms with E-state index in [-0.39, 0.29) is 11.6 Å². The van der Waals surface area contributed by atoms with Crippen molar-refractivity contribution >= 4 is 23.0 Å². The van der Waals surface area contributed by atoms with E-state index in [2.05, 4.69) is 0 Å². The summed E-state index contributed by atoms with van der Waals surface area (Å²) in [6.45, 7) is 0.543. The number of benzene rings is 1. The van der Waals surface area contributed by atoms with Crippen molar-refractivity contribution in [2.75, 3.05) is 23.8 Å². The van der Waals surface area contributed by atoms with Gasteiger partial charge >= 0.3 is 0 Å². The topological polar surface area (TPSA) is 49.5 Å². The van der Waals surface area contributed by atoms with Crippen LogP contribution in [0.4, 0.5) is 15.8 Å². The maximum absolute atomic E-state index is 13.2. The molecule has 17 heavy (non-hydrogen) atoms. The minimum Gasteiger partial charge on any atom is -0.397 e. The van der Waals surface area contributed by atoms with Crippen LogP contribution in [0.2, 0.25) is 5.02 Å². The van der Waals surface area contributed by atoms with Crippen LogP contribution in [-0.2, 0) is 0 Å². The van der Waals surface area contributed by atoms with Crippen LogP contribution < -0.4 is 10.6 Å². The zero-order valence-corrected chi connectivity index (χ0v) is 10.3. The molecule has 0 saturated heterocycles. The van der Waals surface area contributed by atoms with Crippen LogP contribution in [-0.4, -0.2) is 24.3 Å². The first-order chi connectivity index (χ1) is 8.13. The third-order valence-electron chi connectivity index (χ3n) is 3.24. The molecule has 3 nitrogen and oxygen atoms in total. The lowest BCUT2D eigenvalue weighted by Crippen LogP contribution is -2.42. The van der Waals surface area contributed by atoms with E-state index in [0.717, 1.165) is 18.5 Å². The lowest BCUT2D eigenvalue weighted by Gasteiger charge is -2.39. The smallest absolute Gasteiger partial charge is 0.143 e. The normalized spacial score (nSPS) is 15.7. The first kappa shape index (κ1) is 12.5. The molecule has 1 aromatic rings. The number of hydrogen-bond acceptors (Lipinski definition) is 3. The molecule has 1 aliphatic carbocycles. The van der Waals surface area contributed by atoms with E-state index in [4.69, 9.17) is 22.4 Å². The van der Waals surface area contributed by atoms with E-state index < -0.39 is 5.82 Å². The van der Waals surface area contributed by atoms with Gasteiger partial charge in [0, 0.05) is 18.7 Å². The fraction of sp³-hybridized carbons (Fsp3) is 0.500. The van der Waals surface area contributed by atoms with Crippen molar-refractivity contribution in [3.8, 4) is 0 Å². The van der Waals surface area contributed by atoms with Gasteiger partial charge in [0.25, 0.3) is 0 Å². The van der Waals surface area contributed by atoms with Gasteiger partial charge in [0.1, 0.15) is 5.82 Å². The highest BCUT2D eigenvalue weighted by Crippen LogP contribution is 2.35. The molecule has 0 radical (unpaired) electrons. The molecular weight excluding hydrogens is 243 g/mol. The van der Waals surface area contributed by atoms with Gasteiger partial charge in [-0.3, -0.25) is 0 Å². The third kappa shape index (κ3) is 2.48. The molecule has 0 unspecified atom stereocenters. The number of aliphatic hydroxyl groups excluding tert-OH is 1. The van der Waals surface area contributed by atoms with Gasteiger partial charge in [0.15, 0.2) is 0 Å². The number of rotatable bonds is 4. The summed E-state index contributed by atoms with van der Waals surface area (Å²) in [6, 6.07) is 3.16. The lowest BCUT2D eigenvalue weighted by molar-refractivity contribution is 0.284. The molecular formula is C12H16ClFN2O. The molecule has 0 heterocycles. The van der Waals surface area contributed by atoms with Gasteiger partial charge in [-0.05, 0) is 25.3 Å². The summed E-state index contributed by atoms with van der Waals surface area (Å²) in [4.78, 5) is 2.02. The zero-order valence-electron chi connectivity index (χ0n) is 9.50. The Morgan fingerprint density at radius 1 is 1.47 bits per heavy atom. The van der Waals surface area contributed by atoms with Crippen LogP contribution in [0.15, 0.2) is 12.1 Å². The molecule has 5 heteroatoms. The molecule has 0 aliphatic heterocycles. The number of nitrogens with zero attached hydrogens (tertiary/aromatic N) is 1. The van der Waals surface area contributed by atoms with Crippen LogP contribution in [0, 0.1) is 5.82 Å². The monoisotopic (exact) mass is 258 g/mol. The Kier molecular flexibility index (Phi) is 3.74. The van der Waals surface area contributed by atoms with Crippen LogP contribution in [0.3, 0.4) is 0 Å². The van der Waals surface area contributed by atoms with Crippen molar-refractivity contribution in [2.24, 2.45) is 0 Å². The SMILES string of the molecule is Nc1cc(F)c(Cl)cc1N(CCO)C1CCC1. The molecule has 1 aromatic carbocycles. The highest BCUT2D eigenvalue weighted by molar-refractivity contribution is 6.31. The van der Waals surface area contributed by atoms with Crippen molar-refractivity contribution in [3.63, 3.8) is 0 Å². The standard InChI is InChI=1S/C12H16ClFN2O/c13-9-6-12(11(15)7-10(9)14)16(4-5-17)8-2-1-3-8/h6-8,17H,1-5,15H2. The van der Waals surface area contributed by atoms with Crippen LogP contribution in [0.25, 0.3) is 0 Å². The van der Waals surface area contributed by atoms with Crippen molar-refractivity contribution in [2.45, 2.75) is 25.3 Å². The number of nitrogens with two attached hydrogens (primary N) is 1. The Morgan fingerprint density at radius 3 is 2.71 bits per heavy atom. The zero-order chi connectivity index (χ0) is 12.4. The average molecular weight is 259 g/mol. The van der Waals surface area contributed by atoms with Gasteiger partial charge in [-0.2, -0.15) is 0 Å². The molecule has 3 N–H and O–H groups in total. The Hall–Kier alpha value is -1.00. The number of aliphatic hydroxyl groups is 1. The summed E-state index contributed by atoms with van der Waals surface area (Å²) in [7, 11) is 0. The molecule has 0 bridgehead atoms. The van der Waals surface area contributed by atoms with E-state index >= 15 is 0 Å². The van der Waals surface area contributed by atoms with Gasteiger partial charge in [-0.1, -0.05) is 11.6 Å². The molecule has 94 valence electrons. The van der Waals surface area contributed by atoms with Crippen LogP contribution in [0.1, 0.15) is 19.3 Å². The maximum atomic E-state index is 13.2. The number of halogens is 2. The van der Waals surface area contributed by atoms with E-state index in [1.54, 1.807) is 6.07 Å². The maximum Gasteiger partial charge on any atom is 0.143 e. The molecule has 0 aromatic heterocycles. The molecule has 0 spiro atoms. The van der Waals surface area contributed by atoms with Crippen LogP contribution >= 0.6 is 11.6 Å². The highest BCUT2D eigenvalue weighted by atomic mass is 35.5. The van der Waals surface area contributed by atoms with Crippen LogP contribution in [0.5, 0.6) is 0 Å². The second kappa shape index (κ2) is 5.10. The first-order valence-corrected chi connectivity index (χ1v) is 6.13. The minimum atomic E-state index is -0.509.